The van der Waals surface area contributed by atoms with Crippen molar-refractivity contribution < 1.29 is 0 Å². The molecule has 0 radical (unpaired) electrons. The first-order valence-electron chi connectivity index (χ1n) is 3.59. The number of nitrogens with one attached hydrogen (secondary N) is 2. The van der Waals surface area contributed by atoms with Crippen LogP contribution in [0.1, 0.15) is 13.3 Å². The van der Waals surface area contributed by atoms with Crippen molar-refractivity contribution in [2.75, 3.05) is 6.54 Å². The van der Waals surface area contributed by atoms with Crippen LogP contribution in [0.25, 0.3) is 0 Å². The van der Waals surface area contributed by atoms with Crippen molar-refractivity contribution in [3.8, 4) is 0 Å². The molecule has 0 saturated carbocycles. The largest absolute Gasteiger partial charge is 0.301 e. The molecular weight excluding hydrogens is 241 g/mol. The van der Waals surface area contributed by atoms with Crippen molar-refractivity contribution in [1.29, 1.82) is 0 Å². The zero-order valence-corrected chi connectivity index (χ0v) is 8.26. The highest BCUT2D eigenvalue weighted by molar-refractivity contribution is 14.1. The van der Waals surface area contributed by atoms with Crippen molar-refractivity contribution in [3.63, 3.8) is 0 Å². The molecule has 0 spiro atoms. The molecule has 1 fully saturated rings. The lowest BCUT2D eigenvalue weighted by Gasteiger charge is -2.33. The Morgan fingerprint density at radius 1 is 1.70 bits per heavy atom. The molecule has 0 aromatic heterocycles. The summed E-state index contributed by atoms with van der Waals surface area (Å²) in [5.41, 5.74) is 2.77. The first kappa shape index (κ1) is 8.70. The van der Waals surface area contributed by atoms with Crippen molar-refractivity contribution in [2.45, 2.75) is 23.4 Å². The van der Waals surface area contributed by atoms with Crippen LogP contribution in [-0.4, -0.2) is 16.6 Å². The summed E-state index contributed by atoms with van der Waals surface area (Å²) in [6.45, 7) is 3.29. The van der Waals surface area contributed by atoms with Crippen LogP contribution in [-0.2, 0) is 0 Å². The van der Waals surface area contributed by atoms with Crippen LogP contribution in [0.4, 0.5) is 0 Å². The summed E-state index contributed by atoms with van der Waals surface area (Å²) < 4.78 is 0.750. The van der Waals surface area contributed by atoms with Gasteiger partial charge >= 0.3 is 0 Å². The van der Waals surface area contributed by atoms with Crippen LogP contribution < -0.4 is 16.6 Å². The second kappa shape index (κ2) is 3.85. The average Bonchev–Trinajstić information content (AvgIpc) is 1.95. The monoisotopic (exact) mass is 255 g/mol. The number of piperidine rings is 1. The fourth-order valence-corrected chi connectivity index (χ4v) is 1.97. The quantitative estimate of drug-likeness (QED) is 0.272. The van der Waals surface area contributed by atoms with Gasteiger partial charge in [-0.3, -0.25) is 5.84 Å². The van der Waals surface area contributed by atoms with E-state index in [1.807, 2.05) is 0 Å². The Bertz CT molecular complexity index is 109. The van der Waals surface area contributed by atoms with Gasteiger partial charge in [0.05, 0.1) is 6.17 Å². The van der Waals surface area contributed by atoms with Gasteiger partial charge in [0, 0.05) is 3.92 Å². The van der Waals surface area contributed by atoms with Crippen molar-refractivity contribution in [2.24, 2.45) is 11.8 Å². The summed E-state index contributed by atoms with van der Waals surface area (Å²) in [4.78, 5) is 0. The molecular formula is C6H14IN3. The summed E-state index contributed by atoms with van der Waals surface area (Å²) >= 11 is 2.49. The van der Waals surface area contributed by atoms with E-state index in [-0.39, 0.29) is 0 Å². The topological polar surface area (TPSA) is 50.1 Å². The van der Waals surface area contributed by atoms with Crippen molar-refractivity contribution >= 4 is 22.6 Å². The third kappa shape index (κ3) is 1.81. The van der Waals surface area contributed by atoms with E-state index in [1.165, 1.54) is 6.42 Å². The van der Waals surface area contributed by atoms with Gasteiger partial charge in [-0.2, -0.15) is 0 Å². The van der Waals surface area contributed by atoms with Crippen LogP contribution >= 0.6 is 22.6 Å². The molecule has 1 rings (SSSR count). The first-order chi connectivity index (χ1) is 4.75. The Labute approximate surface area is 75.2 Å². The first-order valence-corrected chi connectivity index (χ1v) is 4.84. The summed E-state index contributed by atoms with van der Waals surface area (Å²) in [5.74, 6) is 5.96. The van der Waals surface area contributed by atoms with E-state index in [2.05, 4.69) is 40.3 Å². The Balaban J connectivity index is 2.42. The lowest BCUT2D eigenvalue weighted by molar-refractivity contribution is 0.274. The maximum atomic E-state index is 5.34. The molecule has 1 saturated heterocycles. The minimum absolute atomic E-state index is 0.302. The predicted molar refractivity (Wildman–Crippen MR) is 50.7 cm³/mol. The second-order valence-electron chi connectivity index (χ2n) is 2.76. The minimum atomic E-state index is 0.302. The third-order valence-electron chi connectivity index (χ3n) is 2.06. The van der Waals surface area contributed by atoms with E-state index in [1.54, 1.807) is 0 Å². The summed E-state index contributed by atoms with van der Waals surface area (Å²) in [5, 5.41) is 3.31. The van der Waals surface area contributed by atoms with Crippen LogP contribution in [0.5, 0.6) is 0 Å². The summed E-state index contributed by atoms with van der Waals surface area (Å²) in [6, 6.07) is 0. The molecule has 10 heavy (non-hydrogen) atoms. The Morgan fingerprint density at radius 2 is 2.40 bits per heavy atom. The van der Waals surface area contributed by atoms with E-state index < -0.39 is 0 Å². The Kier molecular flexibility index (Phi) is 3.35. The van der Waals surface area contributed by atoms with Gasteiger partial charge in [0.2, 0.25) is 0 Å². The maximum Gasteiger partial charge on any atom is 0.0737 e. The van der Waals surface area contributed by atoms with E-state index in [0.717, 1.165) is 10.5 Å². The van der Waals surface area contributed by atoms with Gasteiger partial charge < -0.3 is 5.32 Å². The van der Waals surface area contributed by atoms with Gasteiger partial charge in [-0.15, -0.1) is 0 Å². The van der Waals surface area contributed by atoms with Crippen LogP contribution in [0.2, 0.25) is 0 Å². The fourth-order valence-electron chi connectivity index (χ4n) is 1.25. The molecule has 1 aliphatic heterocycles. The molecule has 3 atom stereocenters. The molecule has 1 heterocycles. The van der Waals surface area contributed by atoms with Gasteiger partial charge in [0.25, 0.3) is 0 Å². The molecule has 0 amide bonds. The standard InChI is InChI=1S/C6H14IN3/c1-4-5(7)2-3-9-6(4)10-8/h4-6,9-10H,2-3,8H2,1H3. The molecule has 4 heteroatoms. The van der Waals surface area contributed by atoms with Crippen LogP contribution in [0, 0.1) is 5.92 Å². The number of nitrogens with two attached hydrogens (primary N) is 1. The second-order valence-corrected chi connectivity index (χ2v) is 4.36. The lowest BCUT2D eigenvalue weighted by atomic mass is 9.98. The molecule has 0 bridgehead atoms. The number of alkyl halides is 1. The smallest absolute Gasteiger partial charge is 0.0737 e. The number of halogens is 1. The van der Waals surface area contributed by atoms with E-state index in [0.29, 0.717) is 12.1 Å². The summed E-state index contributed by atoms with van der Waals surface area (Å²) in [6.07, 6.45) is 1.55. The molecule has 3 nitrogen and oxygen atoms in total. The van der Waals surface area contributed by atoms with Gasteiger partial charge in [0.15, 0.2) is 0 Å². The minimum Gasteiger partial charge on any atom is -0.301 e. The number of rotatable bonds is 1. The number of hydrazine groups is 1. The zero-order valence-electron chi connectivity index (χ0n) is 6.10. The van der Waals surface area contributed by atoms with Gasteiger partial charge in [0.1, 0.15) is 0 Å². The van der Waals surface area contributed by atoms with E-state index >= 15 is 0 Å². The fraction of sp³-hybridized carbons (Fsp3) is 1.00. The maximum absolute atomic E-state index is 5.34. The average molecular weight is 255 g/mol. The molecule has 60 valence electrons. The molecule has 0 aromatic carbocycles. The SMILES string of the molecule is CC1C(I)CCNC1NN. The summed E-state index contributed by atoms with van der Waals surface area (Å²) in [7, 11) is 0. The zero-order chi connectivity index (χ0) is 7.56. The molecule has 1 aliphatic rings. The highest BCUT2D eigenvalue weighted by atomic mass is 127. The Morgan fingerprint density at radius 3 is 2.90 bits per heavy atom. The lowest BCUT2D eigenvalue weighted by Crippen LogP contribution is -2.56. The van der Waals surface area contributed by atoms with Gasteiger partial charge in [-0.1, -0.05) is 29.5 Å². The molecule has 0 aromatic rings. The van der Waals surface area contributed by atoms with Crippen LogP contribution in [0.3, 0.4) is 0 Å². The number of hydrogen-bond acceptors (Lipinski definition) is 3. The number of hydrogen-bond donors (Lipinski definition) is 3. The molecule has 4 N–H and O–H groups in total. The van der Waals surface area contributed by atoms with E-state index in [4.69, 9.17) is 5.84 Å². The highest BCUT2D eigenvalue weighted by Gasteiger charge is 2.26. The predicted octanol–water partition coefficient (Wildman–Crippen LogP) is 0.209. The van der Waals surface area contributed by atoms with E-state index in [9.17, 15) is 0 Å². The van der Waals surface area contributed by atoms with Crippen LogP contribution in [0.15, 0.2) is 0 Å². The highest BCUT2D eigenvalue weighted by Crippen LogP contribution is 2.22. The molecule has 3 unspecified atom stereocenters. The van der Waals surface area contributed by atoms with Gasteiger partial charge in [-0.25, -0.2) is 5.43 Å². The normalized spacial score (nSPS) is 41.7. The van der Waals surface area contributed by atoms with Gasteiger partial charge in [-0.05, 0) is 18.9 Å². The van der Waals surface area contributed by atoms with Crippen molar-refractivity contribution in [3.05, 3.63) is 0 Å². The Hall–Kier alpha value is 0.610. The van der Waals surface area contributed by atoms with Crippen molar-refractivity contribution in [1.82, 2.24) is 10.7 Å². The molecule has 0 aliphatic carbocycles. The third-order valence-corrected chi connectivity index (χ3v) is 3.82.